The molecule has 1 atom stereocenters. The summed E-state index contributed by atoms with van der Waals surface area (Å²) in [6.45, 7) is 0.709. The molecular weight excluding hydrogens is 166 g/mol. The van der Waals surface area contributed by atoms with E-state index in [0.29, 0.717) is 0 Å². The first-order valence-corrected chi connectivity index (χ1v) is 4.44. The van der Waals surface area contributed by atoms with Crippen LogP contribution in [0, 0.1) is 0 Å². The molecule has 3 heteroatoms. The molecule has 0 aromatic heterocycles. The van der Waals surface area contributed by atoms with Crippen molar-refractivity contribution in [3.8, 4) is 5.75 Å². The first-order valence-electron chi connectivity index (χ1n) is 4.44. The quantitative estimate of drug-likeness (QED) is 0.699. The van der Waals surface area contributed by atoms with Gasteiger partial charge in [-0.3, -0.25) is 0 Å². The largest absolute Gasteiger partial charge is 0.493 e. The summed E-state index contributed by atoms with van der Waals surface area (Å²) in [5, 5.41) is 8.95. The lowest BCUT2D eigenvalue weighted by molar-refractivity contribution is 0.267. The molecule has 1 aromatic rings. The number of benzene rings is 1. The number of nitrogens with two attached hydrogens (primary N) is 1. The number of aliphatic hydroxyl groups is 1. The standard InChI is InChI=1S/C10H13NO2/c11-9(6-12)7-2-1-3-10-8(7)4-5-13-10/h1-3,9,12H,4-6,11H2/t9-/m1/s1. The molecule has 70 valence electrons. The Kier molecular flexibility index (Phi) is 2.20. The monoisotopic (exact) mass is 179 g/mol. The van der Waals surface area contributed by atoms with Crippen LogP contribution in [0.25, 0.3) is 0 Å². The van der Waals surface area contributed by atoms with Crippen molar-refractivity contribution in [1.82, 2.24) is 0 Å². The first kappa shape index (κ1) is 8.53. The first-order chi connectivity index (χ1) is 6.33. The van der Waals surface area contributed by atoms with Gasteiger partial charge in [-0.2, -0.15) is 0 Å². The van der Waals surface area contributed by atoms with E-state index in [-0.39, 0.29) is 12.6 Å². The zero-order valence-corrected chi connectivity index (χ0v) is 7.36. The minimum absolute atomic E-state index is 0.0174. The van der Waals surface area contributed by atoms with Crippen LogP contribution in [0.5, 0.6) is 5.75 Å². The van der Waals surface area contributed by atoms with E-state index >= 15 is 0 Å². The fourth-order valence-electron chi connectivity index (χ4n) is 1.69. The zero-order valence-electron chi connectivity index (χ0n) is 7.36. The summed E-state index contributed by atoms with van der Waals surface area (Å²) in [6, 6.07) is 5.52. The van der Waals surface area contributed by atoms with Gasteiger partial charge in [-0.1, -0.05) is 12.1 Å². The molecule has 0 saturated heterocycles. The van der Waals surface area contributed by atoms with Crippen LogP contribution in [-0.2, 0) is 6.42 Å². The average molecular weight is 179 g/mol. The Morgan fingerprint density at radius 2 is 2.38 bits per heavy atom. The minimum atomic E-state index is -0.281. The van der Waals surface area contributed by atoms with Crippen molar-refractivity contribution in [2.45, 2.75) is 12.5 Å². The fraction of sp³-hybridized carbons (Fsp3) is 0.400. The highest BCUT2D eigenvalue weighted by Gasteiger charge is 2.18. The number of rotatable bonds is 2. The third-order valence-electron chi connectivity index (χ3n) is 2.38. The van der Waals surface area contributed by atoms with E-state index in [4.69, 9.17) is 15.6 Å². The predicted molar refractivity (Wildman–Crippen MR) is 49.7 cm³/mol. The second-order valence-corrected chi connectivity index (χ2v) is 3.21. The van der Waals surface area contributed by atoms with E-state index in [2.05, 4.69) is 0 Å². The number of ether oxygens (including phenoxy) is 1. The molecule has 0 fully saturated rings. The van der Waals surface area contributed by atoms with E-state index < -0.39 is 0 Å². The molecule has 0 amide bonds. The van der Waals surface area contributed by atoms with E-state index in [0.717, 1.165) is 29.9 Å². The van der Waals surface area contributed by atoms with Gasteiger partial charge in [0.2, 0.25) is 0 Å². The third kappa shape index (κ3) is 1.41. The van der Waals surface area contributed by atoms with Crippen LogP contribution in [0.4, 0.5) is 0 Å². The van der Waals surface area contributed by atoms with Gasteiger partial charge in [-0.15, -0.1) is 0 Å². The van der Waals surface area contributed by atoms with Crippen molar-refractivity contribution in [2.24, 2.45) is 5.73 Å². The van der Waals surface area contributed by atoms with Crippen molar-refractivity contribution in [3.63, 3.8) is 0 Å². The highest BCUT2D eigenvalue weighted by Crippen LogP contribution is 2.30. The van der Waals surface area contributed by atoms with Crippen LogP contribution in [0.1, 0.15) is 17.2 Å². The molecule has 3 nitrogen and oxygen atoms in total. The summed E-state index contributed by atoms with van der Waals surface area (Å²) < 4.78 is 5.40. The number of hydrogen-bond donors (Lipinski definition) is 2. The molecule has 2 rings (SSSR count). The summed E-state index contributed by atoms with van der Waals surface area (Å²) >= 11 is 0. The van der Waals surface area contributed by atoms with Crippen LogP contribution in [-0.4, -0.2) is 18.3 Å². The maximum atomic E-state index is 8.95. The molecule has 0 unspecified atom stereocenters. The van der Waals surface area contributed by atoms with Crippen molar-refractivity contribution < 1.29 is 9.84 Å². The Balaban J connectivity index is 2.41. The predicted octanol–water partition coefficient (Wildman–Crippen LogP) is 0.614. The lowest BCUT2D eigenvalue weighted by Crippen LogP contribution is -2.15. The Morgan fingerprint density at radius 3 is 3.15 bits per heavy atom. The average Bonchev–Trinajstić information content (AvgIpc) is 2.63. The van der Waals surface area contributed by atoms with Crippen LogP contribution >= 0.6 is 0 Å². The summed E-state index contributed by atoms with van der Waals surface area (Å²) in [5.74, 6) is 0.918. The molecular formula is C10H13NO2. The molecule has 0 radical (unpaired) electrons. The molecule has 1 aliphatic rings. The minimum Gasteiger partial charge on any atom is -0.493 e. The van der Waals surface area contributed by atoms with E-state index in [9.17, 15) is 0 Å². The molecule has 13 heavy (non-hydrogen) atoms. The van der Waals surface area contributed by atoms with Crippen LogP contribution < -0.4 is 10.5 Å². The smallest absolute Gasteiger partial charge is 0.122 e. The molecule has 0 spiro atoms. The lowest BCUT2D eigenvalue weighted by atomic mass is 9.99. The maximum absolute atomic E-state index is 8.95. The Bertz CT molecular complexity index is 312. The van der Waals surface area contributed by atoms with Crippen molar-refractivity contribution >= 4 is 0 Å². The van der Waals surface area contributed by atoms with Crippen molar-refractivity contribution in [1.29, 1.82) is 0 Å². The maximum Gasteiger partial charge on any atom is 0.122 e. The normalized spacial score (nSPS) is 16.5. The van der Waals surface area contributed by atoms with Gasteiger partial charge in [0, 0.05) is 12.0 Å². The Morgan fingerprint density at radius 1 is 1.54 bits per heavy atom. The number of aliphatic hydroxyl groups excluding tert-OH is 1. The number of fused-ring (bicyclic) bond motifs is 1. The Labute approximate surface area is 77.1 Å². The number of hydrogen-bond acceptors (Lipinski definition) is 3. The zero-order chi connectivity index (χ0) is 9.26. The van der Waals surface area contributed by atoms with Gasteiger partial charge in [0.25, 0.3) is 0 Å². The molecule has 0 saturated carbocycles. The molecule has 0 bridgehead atoms. The molecule has 1 heterocycles. The van der Waals surface area contributed by atoms with Gasteiger partial charge in [-0.25, -0.2) is 0 Å². The van der Waals surface area contributed by atoms with Gasteiger partial charge in [0.1, 0.15) is 5.75 Å². The lowest BCUT2D eigenvalue weighted by Gasteiger charge is -2.11. The van der Waals surface area contributed by atoms with E-state index in [1.54, 1.807) is 0 Å². The third-order valence-corrected chi connectivity index (χ3v) is 2.38. The van der Waals surface area contributed by atoms with Crippen LogP contribution in [0.2, 0.25) is 0 Å². The van der Waals surface area contributed by atoms with E-state index in [1.165, 1.54) is 0 Å². The summed E-state index contributed by atoms with van der Waals surface area (Å²) in [5.41, 5.74) is 7.93. The molecule has 1 aliphatic heterocycles. The van der Waals surface area contributed by atoms with Crippen molar-refractivity contribution in [3.05, 3.63) is 29.3 Å². The molecule has 1 aromatic carbocycles. The van der Waals surface area contributed by atoms with Gasteiger partial charge >= 0.3 is 0 Å². The highest BCUT2D eigenvalue weighted by molar-refractivity contribution is 5.44. The SMILES string of the molecule is N[C@H](CO)c1cccc2c1CCO2. The van der Waals surface area contributed by atoms with Gasteiger partial charge in [0.05, 0.1) is 19.3 Å². The summed E-state index contributed by atoms with van der Waals surface area (Å²) in [4.78, 5) is 0. The second-order valence-electron chi connectivity index (χ2n) is 3.21. The summed E-state index contributed by atoms with van der Waals surface area (Å²) in [6.07, 6.45) is 0.902. The molecule has 0 aliphatic carbocycles. The van der Waals surface area contributed by atoms with Gasteiger partial charge < -0.3 is 15.6 Å². The summed E-state index contributed by atoms with van der Waals surface area (Å²) in [7, 11) is 0. The van der Waals surface area contributed by atoms with Gasteiger partial charge in [-0.05, 0) is 11.6 Å². The Hall–Kier alpha value is -1.06. The van der Waals surface area contributed by atoms with Crippen LogP contribution in [0.3, 0.4) is 0 Å². The fourth-order valence-corrected chi connectivity index (χ4v) is 1.69. The van der Waals surface area contributed by atoms with Crippen molar-refractivity contribution in [2.75, 3.05) is 13.2 Å². The van der Waals surface area contributed by atoms with Gasteiger partial charge in [0.15, 0.2) is 0 Å². The van der Waals surface area contributed by atoms with E-state index in [1.807, 2.05) is 18.2 Å². The highest BCUT2D eigenvalue weighted by atomic mass is 16.5. The van der Waals surface area contributed by atoms with Crippen LogP contribution in [0.15, 0.2) is 18.2 Å². The molecule has 3 N–H and O–H groups in total. The second kappa shape index (κ2) is 3.36. The topological polar surface area (TPSA) is 55.5 Å².